The standard InChI is InChI=1S/C20H24N2O6S/c1-3-27-18-6-4-5-7-19(18)28-13-20(23)21-16-12-15(10-11-17(16)26-2)29(24,25)22-14-8-9-14/h4-7,10-12,14,22H,3,8-9,13H2,1-2H3,(H,21,23). The van der Waals surface area contributed by atoms with Gasteiger partial charge in [0.25, 0.3) is 5.91 Å². The minimum Gasteiger partial charge on any atom is -0.495 e. The zero-order valence-corrected chi connectivity index (χ0v) is 17.1. The summed E-state index contributed by atoms with van der Waals surface area (Å²) in [6.07, 6.45) is 1.67. The molecule has 0 bridgehead atoms. The number of methoxy groups -OCH3 is 1. The second kappa shape index (κ2) is 9.15. The number of rotatable bonds is 10. The van der Waals surface area contributed by atoms with Gasteiger partial charge in [0.15, 0.2) is 18.1 Å². The summed E-state index contributed by atoms with van der Waals surface area (Å²) < 4.78 is 43.7. The molecule has 0 spiro atoms. The van der Waals surface area contributed by atoms with Crippen LogP contribution < -0.4 is 24.2 Å². The molecule has 2 N–H and O–H groups in total. The van der Waals surface area contributed by atoms with Crippen molar-refractivity contribution in [2.24, 2.45) is 0 Å². The van der Waals surface area contributed by atoms with Crippen LogP contribution >= 0.6 is 0 Å². The molecule has 156 valence electrons. The second-order valence-electron chi connectivity index (χ2n) is 6.47. The zero-order chi connectivity index (χ0) is 20.9. The summed E-state index contributed by atoms with van der Waals surface area (Å²) in [6, 6.07) is 11.3. The normalized spacial score (nSPS) is 13.6. The molecule has 1 amide bonds. The van der Waals surface area contributed by atoms with Gasteiger partial charge in [0.1, 0.15) is 5.75 Å². The number of carbonyl (C=O) groups excluding carboxylic acids is 1. The molecule has 0 atom stereocenters. The van der Waals surface area contributed by atoms with Crippen LogP contribution in [-0.2, 0) is 14.8 Å². The number of benzene rings is 2. The van der Waals surface area contributed by atoms with E-state index < -0.39 is 15.9 Å². The van der Waals surface area contributed by atoms with Crippen molar-refractivity contribution >= 4 is 21.6 Å². The highest BCUT2D eigenvalue weighted by Crippen LogP contribution is 2.30. The summed E-state index contributed by atoms with van der Waals surface area (Å²) in [5.41, 5.74) is 0.248. The van der Waals surface area contributed by atoms with E-state index in [4.69, 9.17) is 14.2 Å². The Bertz CT molecular complexity index is 973. The van der Waals surface area contributed by atoms with Crippen LogP contribution in [0.25, 0.3) is 0 Å². The second-order valence-corrected chi connectivity index (χ2v) is 8.19. The molecule has 1 aliphatic rings. The van der Waals surface area contributed by atoms with Gasteiger partial charge in [0.2, 0.25) is 10.0 Å². The number of anilines is 1. The largest absolute Gasteiger partial charge is 0.495 e. The topological polar surface area (TPSA) is 103 Å². The smallest absolute Gasteiger partial charge is 0.262 e. The van der Waals surface area contributed by atoms with Gasteiger partial charge < -0.3 is 19.5 Å². The fraction of sp³-hybridized carbons (Fsp3) is 0.350. The molecule has 1 saturated carbocycles. The van der Waals surface area contributed by atoms with Gasteiger partial charge in [-0.1, -0.05) is 12.1 Å². The van der Waals surface area contributed by atoms with Gasteiger partial charge in [0.05, 0.1) is 24.3 Å². The molecule has 8 nitrogen and oxygen atoms in total. The zero-order valence-electron chi connectivity index (χ0n) is 16.3. The number of amides is 1. The van der Waals surface area contributed by atoms with E-state index in [1.807, 2.05) is 13.0 Å². The van der Waals surface area contributed by atoms with E-state index in [2.05, 4.69) is 10.0 Å². The predicted molar refractivity (Wildman–Crippen MR) is 108 cm³/mol. The van der Waals surface area contributed by atoms with Crippen molar-refractivity contribution in [2.75, 3.05) is 25.6 Å². The van der Waals surface area contributed by atoms with E-state index in [0.29, 0.717) is 23.9 Å². The van der Waals surface area contributed by atoms with Crippen molar-refractivity contribution in [1.29, 1.82) is 0 Å². The fourth-order valence-electron chi connectivity index (χ4n) is 2.61. The lowest BCUT2D eigenvalue weighted by Gasteiger charge is -2.14. The van der Waals surface area contributed by atoms with Gasteiger partial charge in [0, 0.05) is 6.04 Å². The Hall–Kier alpha value is -2.78. The highest BCUT2D eigenvalue weighted by atomic mass is 32.2. The molecular weight excluding hydrogens is 396 g/mol. The Morgan fingerprint density at radius 1 is 1.07 bits per heavy atom. The number of hydrogen-bond donors (Lipinski definition) is 2. The molecule has 0 aliphatic heterocycles. The van der Waals surface area contributed by atoms with Crippen molar-refractivity contribution in [1.82, 2.24) is 4.72 Å². The maximum Gasteiger partial charge on any atom is 0.262 e. The van der Waals surface area contributed by atoms with E-state index in [9.17, 15) is 13.2 Å². The molecule has 29 heavy (non-hydrogen) atoms. The van der Waals surface area contributed by atoms with Gasteiger partial charge >= 0.3 is 0 Å². The average molecular weight is 420 g/mol. The first-order valence-electron chi connectivity index (χ1n) is 9.27. The van der Waals surface area contributed by atoms with Crippen LogP contribution in [0.5, 0.6) is 17.2 Å². The Balaban J connectivity index is 1.70. The summed E-state index contributed by atoms with van der Waals surface area (Å²) in [5.74, 6) is 0.874. The van der Waals surface area contributed by atoms with Gasteiger partial charge in [-0.05, 0) is 50.1 Å². The Kier molecular flexibility index (Phi) is 6.60. The maximum atomic E-state index is 12.4. The molecule has 0 saturated heterocycles. The van der Waals surface area contributed by atoms with Crippen LogP contribution in [0, 0.1) is 0 Å². The number of nitrogens with one attached hydrogen (secondary N) is 2. The SMILES string of the molecule is CCOc1ccccc1OCC(=O)Nc1cc(S(=O)(=O)NC2CC2)ccc1OC. The molecule has 1 aliphatic carbocycles. The Morgan fingerprint density at radius 2 is 1.76 bits per heavy atom. The number of para-hydroxylation sites is 2. The molecule has 9 heteroatoms. The summed E-state index contributed by atoms with van der Waals surface area (Å²) in [4.78, 5) is 12.4. The van der Waals surface area contributed by atoms with Gasteiger partial charge in [-0.15, -0.1) is 0 Å². The molecule has 0 unspecified atom stereocenters. The highest BCUT2D eigenvalue weighted by Gasteiger charge is 2.28. The van der Waals surface area contributed by atoms with Crippen molar-refractivity contribution < 1.29 is 27.4 Å². The van der Waals surface area contributed by atoms with Crippen LogP contribution in [0.15, 0.2) is 47.4 Å². The molecule has 0 heterocycles. The average Bonchev–Trinajstić information content (AvgIpc) is 3.51. The summed E-state index contributed by atoms with van der Waals surface area (Å²) in [5, 5.41) is 2.64. The van der Waals surface area contributed by atoms with Crippen molar-refractivity contribution in [3.05, 3.63) is 42.5 Å². The van der Waals surface area contributed by atoms with Crippen LogP contribution in [0.2, 0.25) is 0 Å². The van der Waals surface area contributed by atoms with Crippen LogP contribution in [0.3, 0.4) is 0 Å². The lowest BCUT2D eigenvalue weighted by atomic mass is 10.3. The van der Waals surface area contributed by atoms with Gasteiger partial charge in [-0.2, -0.15) is 0 Å². The van der Waals surface area contributed by atoms with E-state index >= 15 is 0 Å². The highest BCUT2D eigenvalue weighted by molar-refractivity contribution is 7.89. The van der Waals surface area contributed by atoms with Crippen molar-refractivity contribution in [3.63, 3.8) is 0 Å². The van der Waals surface area contributed by atoms with Gasteiger partial charge in [-0.25, -0.2) is 13.1 Å². The fourth-order valence-corrected chi connectivity index (χ4v) is 3.95. The molecule has 2 aromatic carbocycles. The number of carbonyl (C=O) groups is 1. The van der Waals surface area contributed by atoms with Crippen molar-refractivity contribution in [2.45, 2.75) is 30.7 Å². The third-order valence-corrected chi connectivity index (χ3v) is 5.68. The molecule has 2 aromatic rings. The van der Waals surface area contributed by atoms with Gasteiger partial charge in [-0.3, -0.25) is 4.79 Å². The summed E-state index contributed by atoms with van der Waals surface area (Å²) in [6.45, 7) is 2.05. The maximum absolute atomic E-state index is 12.4. The first kappa shape index (κ1) is 20.9. The molecule has 0 radical (unpaired) electrons. The van der Waals surface area contributed by atoms with Crippen LogP contribution in [-0.4, -0.2) is 40.7 Å². The van der Waals surface area contributed by atoms with Crippen LogP contribution in [0.4, 0.5) is 5.69 Å². The van der Waals surface area contributed by atoms with E-state index in [1.54, 1.807) is 18.2 Å². The first-order chi connectivity index (χ1) is 13.9. The third-order valence-electron chi connectivity index (χ3n) is 4.16. The predicted octanol–water partition coefficient (Wildman–Crippen LogP) is 2.55. The third kappa shape index (κ3) is 5.61. The minimum absolute atomic E-state index is 0.0149. The lowest BCUT2D eigenvalue weighted by Crippen LogP contribution is -2.26. The molecule has 3 rings (SSSR count). The number of hydrogen-bond acceptors (Lipinski definition) is 6. The number of sulfonamides is 1. The van der Waals surface area contributed by atoms with E-state index in [0.717, 1.165) is 12.8 Å². The number of ether oxygens (including phenoxy) is 3. The summed E-state index contributed by atoms with van der Waals surface area (Å²) >= 11 is 0. The quantitative estimate of drug-likeness (QED) is 0.612. The van der Waals surface area contributed by atoms with E-state index in [1.165, 1.54) is 25.3 Å². The first-order valence-corrected chi connectivity index (χ1v) is 10.8. The Morgan fingerprint density at radius 3 is 2.38 bits per heavy atom. The molecular formula is C20H24N2O6S. The monoisotopic (exact) mass is 420 g/mol. The molecule has 0 aromatic heterocycles. The molecule has 1 fully saturated rings. The van der Waals surface area contributed by atoms with E-state index in [-0.39, 0.29) is 23.2 Å². The lowest BCUT2D eigenvalue weighted by molar-refractivity contribution is -0.118. The van der Waals surface area contributed by atoms with Crippen LogP contribution in [0.1, 0.15) is 19.8 Å². The van der Waals surface area contributed by atoms with Crippen molar-refractivity contribution in [3.8, 4) is 17.2 Å². The minimum atomic E-state index is -3.65. The summed E-state index contributed by atoms with van der Waals surface area (Å²) in [7, 11) is -2.21. The Labute approximate surface area is 170 Å².